The largest absolute Gasteiger partial charge is 0.364 e. The Kier molecular flexibility index (Phi) is 3.44. The van der Waals surface area contributed by atoms with Gasteiger partial charge in [0, 0.05) is 6.54 Å². The number of nitrogens with one attached hydrogen (secondary N) is 1. The number of carbonyl (C=O) groups excluding carboxylic acids is 1. The number of hydrogen-bond donors (Lipinski definition) is 1. The van der Waals surface area contributed by atoms with Gasteiger partial charge in [-0.25, -0.2) is 0 Å². The van der Waals surface area contributed by atoms with Crippen molar-refractivity contribution in [3.05, 3.63) is 35.9 Å². The minimum absolute atomic E-state index is 0.174. The van der Waals surface area contributed by atoms with Crippen molar-refractivity contribution in [1.29, 1.82) is 0 Å². The fourth-order valence-corrected chi connectivity index (χ4v) is 2.13. The predicted octanol–water partition coefficient (Wildman–Crippen LogP) is 1.41. The molecule has 0 radical (unpaired) electrons. The van der Waals surface area contributed by atoms with Gasteiger partial charge in [0.2, 0.25) is 0 Å². The van der Waals surface area contributed by atoms with E-state index in [-0.39, 0.29) is 12.6 Å². The van der Waals surface area contributed by atoms with Gasteiger partial charge in [-0.2, -0.15) is 8.42 Å². The third-order valence-corrected chi connectivity index (χ3v) is 3.42. The molecule has 1 fully saturated rings. The summed E-state index contributed by atoms with van der Waals surface area (Å²) in [6, 6.07) is 9.08. The molecule has 1 aliphatic carbocycles. The minimum atomic E-state index is -4.12. The predicted molar refractivity (Wildman–Crippen MR) is 61.7 cm³/mol. The van der Waals surface area contributed by atoms with Crippen molar-refractivity contribution in [2.24, 2.45) is 0 Å². The smallest absolute Gasteiger partial charge is 0.337 e. The molecule has 0 aromatic heterocycles. The second-order valence-electron chi connectivity index (χ2n) is 3.88. The maximum atomic E-state index is 11.4. The first kappa shape index (κ1) is 12.1. The third-order valence-electron chi connectivity index (χ3n) is 2.29. The first-order valence-electron chi connectivity index (χ1n) is 5.33. The van der Waals surface area contributed by atoms with Gasteiger partial charge < -0.3 is 5.32 Å². The maximum Gasteiger partial charge on any atom is 0.364 e. The van der Waals surface area contributed by atoms with Crippen LogP contribution in [0.25, 0.3) is 0 Å². The van der Waals surface area contributed by atoms with Crippen LogP contribution in [0.3, 0.4) is 0 Å². The van der Waals surface area contributed by atoms with Gasteiger partial charge in [0.15, 0.2) is 0 Å². The van der Waals surface area contributed by atoms with E-state index in [9.17, 15) is 13.2 Å². The van der Waals surface area contributed by atoms with E-state index in [4.69, 9.17) is 0 Å². The summed E-state index contributed by atoms with van der Waals surface area (Å²) in [5, 5.41) is 1.24. The first-order valence-corrected chi connectivity index (χ1v) is 6.74. The molecular weight excluding hydrogens is 242 g/mol. The second kappa shape index (κ2) is 4.85. The Balaban J connectivity index is 1.88. The number of hydrogen-bond acceptors (Lipinski definition) is 4. The first-order chi connectivity index (χ1) is 8.08. The third kappa shape index (κ3) is 3.54. The molecule has 92 valence electrons. The summed E-state index contributed by atoms with van der Waals surface area (Å²) >= 11 is 0. The van der Waals surface area contributed by atoms with Gasteiger partial charge in [0.25, 0.3) is 0 Å². The van der Waals surface area contributed by atoms with E-state index in [1.165, 1.54) is 0 Å². The average Bonchev–Trinajstić information content (AvgIpc) is 3.10. The van der Waals surface area contributed by atoms with E-state index in [1.807, 2.05) is 18.2 Å². The van der Waals surface area contributed by atoms with Gasteiger partial charge in [-0.1, -0.05) is 30.3 Å². The molecule has 0 heterocycles. The molecule has 1 aromatic carbocycles. The van der Waals surface area contributed by atoms with Crippen LogP contribution in [0.5, 0.6) is 0 Å². The lowest BCUT2D eigenvalue weighted by Gasteiger charge is -2.05. The summed E-state index contributed by atoms with van der Waals surface area (Å²) in [5.41, 5.74) is 0.836. The zero-order valence-electron chi connectivity index (χ0n) is 9.13. The Morgan fingerprint density at radius 2 is 1.94 bits per heavy atom. The van der Waals surface area contributed by atoms with E-state index >= 15 is 0 Å². The molecule has 0 saturated heterocycles. The molecule has 2 rings (SSSR count). The molecule has 0 aliphatic heterocycles. The fourth-order valence-electron chi connectivity index (χ4n) is 1.25. The summed E-state index contributed by atoms with van der Waals surface area (Å²) in [6.45, 7) is 0.174. The summed E-state index contributed by atoms with van der Waals surface area (Å²) in [7, 11) is -4.12. The van der Waals surface area contributed by atoms with Gasteiger partial charge in [-0.05, 0) is 18.4 Å². The number of carbonyl (C=O) groups is 1. The molecule has 0 spiro atoms. The van der Waals surface area contributed by atoms with Crippen LogP contribution in [0.15, 0.2) is 30.3 Å². The van der Waals surface area contributed by atoms with Gasteiger partial charge in [-0.15, -0.1) is 0 Å². The van der Waals surface area contributed by atoms with Crippen molar-refractivity contribution < 1.29 is 17.4 Å². The number of benzene rings is 1. The second-order valence-corrected chi connectivity index (χ2v) is 5.35. The zero-order valence-corrected chi connectivity index (χ0v) is 9.94. The highest BCUT2D eigenvalue weighted by Gasteiger charge is 2.33. The van der Waals surface area contributed by atoms with Crippen molar-refractivity contribution in [3.63, 3.8) is 0 Å². The summed E-state index contributed by atoms with van der Waals surface area (Å²) in [4.78, 5) is 11.4. The molecular formula is C11H13NO4S. The maximum absolute atomic E-state index is 11.4. The molecule has 0 atom stereocenters. The van der Waals surface area contributed by atoms with Crippen LogP contribution in [0.1, 0.15) is 18.4 Å². The molecule has 1 aliphatic rings. The van der Waals surface area contributed by atoms with Crippen LogP contribution < -0.4 is 5.32 Å². The lowest BCUT2D eigenvalue weighted by Crippen LogP contribution is -2.31. The van der Waals surface area contributed by atoms with E-state index in [0.29, 0.717) is 12.8 Å². The van der Waals surface area contributed by atoms with Crippen LogP contribution >= 0.6 is 0 Å². The molecule has 1 saturated carbocycles. The van der Waals surface area contributed by atoms with Gasteiger partial charge >= 0.3 is 15.4 Å². The van der Waals surface area contributed by atoms with Gasteiger partial charge in [0.1, 0.15) is 0 Å². The number of rotatable bonds is 4. The van der Waals surface area contributed by atoms with Crippen molar-refractivity contribution in [2.75, 3.05) is 0 Å². The van der Waals surface area contributed by atoms with E-state index in [2.05, 4.69) is 9.50 Å². The topological polar surface area (TPSA) is 72.5 Å². The quantitative estimate of drug-likeness (QED) is 0.825. The molecule has 1 aromatic rings. The Morgan fingerprint density at radius 1 is 1.29 bits per heavy atom. The summed E-state index contributed by atoms with van der Waals surface area (Å²) < 4.78 is 27.4. The minimum Gasteiger partial charge on any atom is -0.337 e. The molecule has 1 N–H and O–H groups in total. The van der Waals surface area contributed by atoms with Crippen LogP contribution in [-0.2, 0) is 20.8 Å². The molecule has 5 nitrogen and oxygen atoms in total. The van der Waals surface area contributed by atoms with E-state index in [1.54, 1.807) is 12.1 Å². The molecule has 6 heteroatoms. The molecule has 17 heavy (non-hydrogen) atoms. The average molecular weight is 255 g/mol. The van der Waals surface area contributed by atoms with Gasteiger partial charge in [0.05, 0.1) is 6.10 Å². The monoisotopic (exact) mass is 255 g/mol. The molecule has 1 amide bonds. The Labute approximate surface area is 99.9 Å². The normalized spacial score (nSPS) is 15.5. The summed E-state index contributed by atoms with van der Waals surface area (Å²) in [6.07, 6.45) is 1.10. The van der Waals surface area contributed by atoms with Crippen LogP contribution in [0.4, 0.5) is 4.79 Å². The van der Waals surface area contributed by atoms with Crippen molar-refractivity contribution >= 4 is 15.4 Å². The molecule has 0 unspecified atom stereocenters. The molecule has 0 bridgehead atoms. The van der Waals surface area contributed by atoms with Crippen LogP contribution in [-0.4, -0.2) is 19.8 Å². The van der Waals surface area contributed by atoms with E-state index < -0.39 is 15.4 Å². The zero-order chi connectivity index (χ0) is 12.3. The lowest BCUT2D eigenvalue weighted by atomic mass is 10.2. The van der Waals surface area contributed by atoms with Crippen molar-refractivity contribution in [3.8, 4) is 0 Å². The summed E-state index contributed by atoms with van der Waals surface area (Å²) in [5.74, 6) is 0. The van der Waals surface area contributed by atoms with Crippen molar-refractivity contribution in [1.82, 2.24) is 5.32 Å². The van der Waals surface area contributed by atoms with Crippen molar-refractivity contribution in [2.45, 2.75) is 25.5 Å². The SMILES string of the molecule is O=C(NCc1ccccc1)S(=O)(=O)OC1CC1. The number of amides is 1. The highest BCUT2D eigenvalue weighted by atomic mass is 32.2. The van der Waals surface area contributed by atoms with Crippen LogP contribution in [0, 0.1) is 0 Å². The van der Waals surface area contributed by atoms with Crippen LogP contribution in [0.2, 0.25) is 0 Å². The van der Waals surface area contributed by atoms with E-state index in [0.717, 1.165) is 5.56 Å². The van der Waals surface area contributed by atoms with Gasteiger partial charge in [-0.3, -0.25) is 8.98 Å². The highest BCUT2D eigenvalue weighted by molar-refractivity contribution is 8.01. The Bertz CT molecular complexity index is 493. The fraction of sp³-hybridized carbons (Fsp3) is 0.364. The highest BCUT2D eigenvalue weighted by Crippen LogP contribution is 2.25. The Morgan fingerprint density at radius 3 is 2.53 bits per heavy atom. The Hall–Kier alpha value is -1.40. The standard InChI is InChI=1S/C11H13NO4S/c13-11(17(14,15)16-10-6-7-10)12-8-9-4-2-1-3-5-9/h1-5,10H,6-8H2,(H,12,13). The lowest BCUT2D eigenvalue weighted by molar-refractivity contribution is 0.247.